The number of aromatic nitrogens is 1. The van der Waals surface area contributed by atoms with Gasteiger partial charge in [-0.1, -0.05) is 11.6 Å². The number of pyridine rings is 1. The predicted octanol–water partition coefficient (Wildman–Crippen LogP) is 1.57. The Morgan fingerprint density at radius 3 is 2.48 bits per heavy atom. The third kappa shape index (κ3) is 5.52. The van der Waals surface area contributed by atoms with E-state index in [1.54, 1.807) is 11.8 Å². The summed E-state index contributed by atoms with van der Waals surface area (Å²) in [6.45, 7) is 3.76. The molecule has 3 heterocycles. The van der Waals surface area contributed by atoms with Gasteiger partial charge in [0.1, 0.15) is 5.82 Å². The van der Waals surface area contributed by atoms with Crippen molar-refractivity contribution in [2.75, 3.05) is 49.1 Å². The molecule has 2 aliphatic rings. The van der Waals surface area contributed by atoms with Crippen LogP contribution in [0.3, 0.4) is 0 Å². The maximum Gasteiger partial charge on any atom is 0.417 e. The fourth-order valence-corrected chi connectivity index (χ4v) is 6.00. The minimum atomic E-state index is -4.50. The van der Waals surface area contributed by atoms with Crippen molar-refractivity contribution >= 4 is 33.2 Å². The topological polar surface area (TPSA) is 82.6 Å². The molecule has 0 spiro atoms. The van der Waals surface area contributed by atoms with Crippen LogP contribution in [0.25, 0.3) is 0 Å². The van der Waals surface area contributed by atoms with Gasteiger partial charge >= 0.3 is 6.18 Å². The Morgan fingerprint density at radius 1 is 1.31 bits per heavy atom. The molecule has 7 nitrogen and oxygen atoms in total. The quantitative estimate of drug-likeness (QED) is 0.743. The van der Waals surface area contributed by atoms with Crippen LogP contribution in [0.2, 0.25) is 5.02 Å². The summed E-state index contributed by atoms with van der Waals surface area (Å²) in [4.78, 5) is 19.9. The summed E-state index contributed by atoms with van der Waals surface area (Å²) in [7, 11) is -3.11. The number of carbonyl (C=O) groups excluding carboxylic acids is 1. The molecular weight excluding hydrogens is 433 g/mol. The van der Waals surface area contributed by atoms with Crippen LogP contribution in [-0.4, -0.2) is 74.0 Å². The van der Waals surface area contributed by atoms with Gasteiger partial charge in [-0.3, -0.25) is 9.69 Å². The van der Waals surface area contributed by atoms with Crippen molar-refractivity contribution in [3.63, 3.8) is 0 Å². The van der Waals surface area contributed by atoms with Gasteiger partial charge in [-0.25, -0.2) is 13.4 Å². The molecule has 12 heteroatoms. The first-order valence-corrected chi connectivity index (χ1v) is 11.3. The number of rotatable bonds is 4. The average molecular weight is 455 g/mol. The zero-order valence-electron chi connectivity index (χ0n) is 15.8. The first-order valence-electron chi connectivity index (χ1n) is 9.08. The molecule has 29 heavy (non-hydrogen) atoms. The summed E-state index contributed by atoms with van der Waals surface area (Å²) in [5.41, 5.74) is -1.64. The monoisotopic (exact) mass is 454 g/mol. The van der Waals surface area contributed by atoms with Gasteiger partial charge in [-0.15, -0.1) is 0 Å². The Hall–Kier alpha value is -1.59. The molecule has 1 aromatic rings. The van der Waals surface area contributed by atoms with Gasteiger partial charge < -0.3 is 10.2 Å². The van der Waals surface area contributed by atoms with Gasteiger partial charge in [-0.2, -0.15) is 13.2 Å². The van der Waals surface area contributed by atoms with Crippen molar-refractivity contribution in [1.82, 2.24) is 15.2 Å². The second kappa shape index (κ2) is 7.92. The third-order valence-corrected chi connectivity index (χ3v) is 7.31. The number of hydrogen-bond acceptors (Lipinski definition) is 6. The predicted molar refractivity (Wildman–Crippen MR) is 103 cm³/mol. The maximum atomic E-state index is 12.7. The molecule has 1 unspecified atom stereocenters. The summed E-state index contributed by atoms with van der Waals surface area (Å²) in [5, 5.41) is 2.75. The van der Waals surface area contributed by atoms with Gasteiger partial charge in [0.05, 0.1) is 34.2 Å². The van der Waals surface area contributed by atoms with Gasteiger partial charge in [0.2, 0.25) is 5.91 Å². The summed E-state index contributed by atoms with van der Waals surface area (Å²) in [5.74, 6) is 0.0530. The Morgan fingerprint density at radius 2 is 1.97 bits per heavy atom. The van der Waals surface area contributed by atoms with Crippen molar-refractivity contribution < 1.29 is 26.4 Å². The number of anilines is 1. The molecule has 2 saturated heterocycles. The Balaban J connectivity index is 1.52. The zero-order valence-corrected chi connectivity index (χ0v) is 17.4. The van der Waals surface area contributed by atoms with E-state index in [1.807, 2.05) is 4.90 Å². The number of carbonyl (C=O) groups is 1. The second-order valence-corrected chi connectivity index (χ2v) is 10.3. The molecule has 0 aromatic carbocycles. The first kappa shape index (κ1) is 22.1. The molecule has 1 atom stereocenters. The van der Waals surface area contributed by atoms with Crippen LogP contribution in [0.4, 0.5) is 19.0 Å². The Labute approximate surface area is 172 Å². The van der Waals surface area contributed by atoms with E-state index < -0.39 is 27.1 Å². The van der Waals surface area contributed by atoms with E-state index in [0.717, 1.165) is 12.3 Å². The van der Waals surface area contributed by atoms with Crippen LogP contribution in [0, 0.1) is 0 Å². The highest BCUT2D eigenvalue weighted by Gasteiger charge is 2.39. The number of nitrogens with zero attached hydrogens (tertiary/aromatic N) is 3. The molecule has 1 amide bonds. The number of amides is 1. The summed E-state index contributed by atoms with van der Waals surface area (Å²) in [6.07, 6.45) is -3.35. The normalized spacial score (nSPS) is 25.2. The molecule has 2 fully saturated rings. The number of hydrogen-bond donors (Lipinski definition) is 1. The molecule has 2 aliphatic heterocycles. The van der Waals surface area contributed by atoms with Gasteiger partial charge in [0.15, 0.2) is 9.84 Å². The molecule has 0 saturated carbocycles. The number of halogens is 4. The van der Waals surface area contributed by atoms with E-state index >= 15 is 0 Å². The molecule has 1 N–H and O–H groups in total. The SMILES string of the molecule is CC1(NC(=O)CN2CCN(c3ncc(C(F)(F)F)cc3Cl)CC2)CCS(=O)(=O)C1. The standard InChI is InChI=1S/C17H22ClF3N4O3S/c1-16(2-7-29(27,28)11-16)23-14(26)10-24-3-5-25(6-4-24)15-13(18)8-12(9-22-15)17(19,20)21/h8-9H,2-7,10-11H2,1H3,(H,23,26). The molecule has 1 aromatic heterocycles. The largest absolute Gasteiger partial charge is 0.417 e. The summed E-state index contributed by atoms with van der Waals surface area (Å²) < 4.78 is 61.5. The van der Waals surface area contributed by atoms with Crippen LogP contribution in [0.1, 0.15) is 18.9 Å². The highest BCUT2D eigenvalue weighted by molar-refractivity contribution is 7.91. The van der Waals surface area contributed by atoms with Crippen molar-refractivity contribution in [3.8, 4) is 0 Å². The lowest BCUT2D eigenvalue weighted by Crippen LogP contribution is -2.53. The lowest BCUT2D eigenvalue weighted by molar-refractivity contribution is -0.137. The highest BCUT2D eigenvalue weighted by Crippen LogP contribution is 2.33. The van der Waals surface area contributed by atoms with E-state index in [2.05, 4.69) is 10.3 Å². The van der Waals surface area contributed by atoms with Crippen LogP contribution in [0.15, 0.2) is 12.3 Å². The van der Waals surface area contributed by atoms with Crippen molar-refractivity contribution in [1.29, 1.82) is 0 Å². The Kier molecular flexibility index (Phi) is 6.03. The average Bonchev–Trinajstić information content (AvgIpc) is 2.87. The summed E-state index contributed by atoms with van der Waals surface area (Å²) in [6, 6.07) is 0.861. The zero-order chi connectivity index (χ0) is 21.4. The van der Waals surface area contributed by atoms with Gasteiger partial charge in [0.25, 0.3) is 0 Å². The lowest BCUT2D eigenvalue weighted by atomic mass is 10.0. The number of piperazine rings is 1. The molecule has 0 bridgehead atoms. The number of sulfone groups is 1. The molecule has 0 aliphatic carbocycles. The van der Waals surface area contributed by atoms with Crippen LogP contribution >= 0.6 is 11.6 Å². The van der Waals surface area contributed by atoms with Crippen LogP contribution < -0.4 is 10.2 Å². The lowest BCUT2D eigenvalue weighted by Gasteiger charge is -2.36. The van der Waals surface area contributed by atoms with E-state index in [0.29, 0.717) is 32.6 Å². The van der Waals surface area contributed by atoms with E-state index in [9.17, 15) is 26.4 Å². The number of nitrogens with one attached hydrogen (secondary N) is 1. The third-order valence-electron chi connectivity index (χ3n) is 5.13. The summed E-state index contributed by atoms with van der Waals surface area (Å²) >= 11 is 5.99. The molecule has 0 radical (unpaired) electrons. The van der Waals surface area contributed by atoms with Crippen molar-refractivity contribution in [3.05, 3.63) is 22.8 Å². The molecular formula is C17H22ClF3N4O3S. The number of alkyl halides is 3. The fourth-order valence-electron chi connectivity index (χ4n) is 3.62. The minimum Gasteiger partial charge on any atom is -0.353 e. The van der Waals surface area contributed by atoms with Crippen molar-refractivity contribution in [2.24, 2.45) is 0 Å². The smallest absolute Gasteiger partial charge is 0.353 e. The second-order valence-electron chi connectivity index (χ2n) is 7.74. The fraction of sp³-hybridized carbons (Fsp3) is 0.647. The van der Waals surface area contributed by atoms with Gasteiger partial charge in [-0.05, 0) is 19.4 Å². The minimum absolute atomic E-state index is 0.0579. The highest BCUT2D eigenvalue weighted by atomic mass is 35.5. The van der Waals surface area contributed by atoms with E-state index in [-0.39, 0.29) is 34.8 Å². The molecule has 162 valence electrons. The maximum absolute atomic E-state index is 12.7. The first-order chi connectivity index (χ1) is 13.4. The van der Waals surface area contributed by atoms with E-state index in [4.69, 9.17) is 11.6 Å². The van der Waals surface area contributed by atoms with Crippen LogP contribution in [-0.2, 0) is 20.8 Å². The Bertz CT molecular complexity index is 888. The van der Waals surface area contributed by atoms with Crippen LogP contribution in [0.5, 0.6) is 0 Å². The van der Waals surface area contributed by atoms with E-state index in [1.165, 1.54) is 0 Å². The molecule has 3 rings (SSSR count). The van der Waals surface area contributed by atoms with Gasteiger partial charge in [0, 0.05) is 32.4 Å². The van der Waals surface area contributed by atoms with Crippen molar-refractivity contribution in [2.45, 2.75) is 25.1 Å².